The van der Waals surface area contributed by atoms with E-state index < -0.39 is 17.9 Å². The zero-order valence-electron chi connectivity index (χ0n) is 16.1. The Labute approximate surface area is 193 Å². The minimum atomic E-state index is -1.11. The smallest absolute Gasteiger partial charge is 0.327 e. The van der Waals surface area contributed by atoms with E-state index in [0.29, 0.717) is 5.02 Å². The van der Waals surface area contributed by atoms with Gasteiger partial charge in [0, 0.05) is 21.2 Å². The van der Waals surface area contributed by atoms with Crippen LogP contribution in [0, 0.1) is 0 Å². The number of thiophene rings is 1. The molecule has 0 saturated carbocycles. The Kier molecular flexibility index (Phi) is 6.18. The lowest BCUT2D eigenvalue weighted by atomic mass is 10.0. The molecule has 1 unspecified atom stereocenters. The highest BCUT2D eigenvalue weighted by atomic mass is 35.5. The molecule has 1 aliphatic rings. The van der Waals surface area contributed by atoms with E-state index in [9.17, 15) is 14.7 Å². The van der Waals surface area contributed by atoms with Crippen LogP contribution in [0.15, 0.2) is 72.4 Å². The van der Waals surface area contributed by atoms with Crippen LogP contribution >= 0.6 is 35.2 Å². The van der Waals surface area contributed by atoms with Crippen molar-refractivity contribution in [3.05, 3.63) is 87.9 Å². The maximum absolute atomic E-state index is 13.0. The maximum Gasteiger partial charge on any atom is 0.327 e. The van der Waals surface area contributed by atoms with Crippen molar-refractivity contribution >= 4 is 58.2 Å². The summed E-state index contributed by atoms with van der Waals surface area (Å²) in [5.74, 6) is -1.56. The summed E-state index contributed by atoms with van der Waals surface area (Å²) in [4.78, 5) is 27.9. The molecule has 1 fully saturated rings. The predicted molar refractivity (Wildman–Crippen MR) is 127 cm³/mol. The van der Waals surface area contributed by atoms with Crippen molar-refractivity contribution in [1.29, 1.82) is 0 Å². The highest BCUT2D eigenvalue weighted by molar-refractivity contribution is 7.80. The van der Waals surface area contributed by atoms with Crippen molar-refractivity contribution in [2.24, 2.45) is 0 Å². The third-order valence-corrected chi connectivity index (χ3v) is 6.45. The van der Waals surface area contributed by atoms with Crippen LogP contribution in [0.2, 0.25) is 5.02 Å². The first-order valence-electron chi connectivity index (χ1n) is 9.41. The lowest BCUT2D eigenvalue weighted by molar-refractivity contribution is -0.145. The number of thiocarbonyl (C=S) groups is 1. The number of carbonyl (C=O) groups is 2. The number of carboxylic acid groups (broad SMARTS) is 1. The van der Waals surface area contributed by atoms with Crippen LogP contribution in [0.5, 0.6) is 0 Å². The summed E-state index contributed by atoms with van der Waals surface area (Å²) in [6.07, 6.45) is 1.86. The number of aliphatic carboxylic acids is 1. The highest BCUT2D eigenvalue weighted by Gasteiger charge is 2.39. The average molecular weight is 469 g/mol. The Bertz CT molecular complexity index is 1170. The first-order chi connectivity index (χ1) is 14.9. The number of rotatable bonds is 6. The molecule has 156 valence electrons. The number of nitrogens with one attached hydrogen (secondary N) is 1. The van der Waals surface area contributed by atoms with Crippen molar-refractivity contribution < 1.29 is 14.7 Å². The topological polar surface area (TPSA) is 69.6 Å². The molecular weight excluding hydrogens is 452 g/mol. The van der Waals surface area contributed by atoms with Gasteiger partial charge in [-0.3, -0.25) is 9.69 Å². The van der Waals surface area contributed by atoms with Crippen molar-refractivity contribution in [3.63, 3.8) is 0 Å². The summed E-state index contributed by atoms with van der Waals surface area (Å²) in [5.41, 5.74) is 2.10. The molecule has 31 heavy (non-hydrogen) atoms. The van der Waals surface area contributed by atoms with Crippen LogP contribution < -0.4 is 5.32 Å². The van der Waals surface area contributed by atoms with Gasteiger partial charge in [0.1, 0.15) is 11.7 Å². The van der Waals surface area contributed by atoms with Crippen LogP contribution in [-0.2, 0) is 16.0 Å². The molecule has 1 amide bonds. The van der Waals surface area contributed by atoms with Gasteiger partial charge in [-0.25, -0.2) is 4.79 Å². The fraction of sp³-hybridized carbons (Fsp3) is 0.0870. The third kappa shape index (κ3) is 4.69. The summed E-state index contributed by atoms with van der Waals surface area (Å²) in [6.45, 7) is 0. The third-order valence-electron chi connectivity index (χ3n) is 4.82. The number of benzene rings is 2. The van der Waals surface area contributed by atoms with Gasteiger partial charge in [0.25, 0.3) is 5.91 Å². The van der Waals surface area contributed by atoms with Gasteiger partial charge in [-0.1, -0.05) is 54.1 Å². The normalized spacial score (nSPS) is 15.9. The molecule has 8 heteroatoms. The van der Waals surface area contributed by atoms with E-state index in [1.807, 2.05) is 66.7 Å². The van der Waals surface area contributed by atoms with E-state index in [1.54, 1.807) is 6.08 Å². The summed E-state index contributed by atoms with van der Waals surface area (Å²) >= 11 is 12.8. The van der Waals surface area contributed by atoms with Crippen LogP contribution in [0.3, 0.4) is 0 Å². The molecule has 5 nitrogen and oxygen atoms in total. The van der Waals surface area contributed by atoms with Gasteiger partial charge in [0.05, 0.1) is 0 Å². The van der Waals surface area contributed by atoms with Crippen molar-refractivity contribution in [3.8, 4) is 10.4 Å². The predicted octanol–water partition coefficient (Wildman–Crippen LogP) is 4.82. The minimum absolute atomic E-state index is 0.0917. The number of nitrogens with zero attached hydrogens (tertiary/aromatic N) is 1. The largest absolute Gasteiger partial charge is 0.480 e. The number of amides is 1. The Morgan fingerprint density at radius 1 is 1.13 bits per heavy atom. The van der Waals surface area contributed by atoms with Crippen LogP contribution in [0.25, 0.3) is 16.5 Å². The van der Waals surface area contributed by atoms with Crippen molar-refractivity contribution in [1.82, 2.24) is 10.2 Å². The summed E-state index contributed by atoms with van der Waals surface area (Å²) < 4.78 is 0. The first kappa shape index (κ1) is 21.2. The minimum Gasteiger partial charge on any atom is -0.480 e. The van der Waals surface area contributed by atoms with Crippen LogP contribution in [-0.4, -0.2) is 33.0 Å². The molecule has 2 aromatic carbocycles. The number of carbonyl (C=O) groups excluding carboxylic acids is 1. The van der Waals surface area contributed by atoms with E-state index in [-0.39, 0.29) is 17.2 Å². The van der Waals surface area contributed by atoms with E-state index in [2.05, 4.69) is 5.32 Å². The fourth-order valence-corrected chi connectivity index (χ4v) is 4.70. The second kappa shape index (κ2) is 9.01. The Morgan fingerprint density at radius 2 is 1.84 bits per heavy atom. The number of hydrogen-bond acceptors (Lipinski definition) is 4. The van der Waals surface area contributed by atoms with Gasteiger partial charge in [0.2, 0.25) is 0 Å². The molecule has 1 saturated heterocycles. The summed E-state index contributed by atoms with van der Waals surface area (Å²) in [5, 5.41) is 13.4. The van der Waals surface area contributed by atoms with Gasteiger partial charge in [0.15, 0.2) is 5.11 Å². The van der Waals surface area contributed by atoms with E-state index >= 15 is 0 Å². The molecule has 2 heterocycles. The van der Waals surface area contributed by atoms with Gasteiger partial charge in [-0.05, 0) is 53.7 Å². The molecule has 0 radical (unpaired) electrons. The zero-order valence-corrected chi connectivity index (χ0v) is 18.5. The average Bonchev–Trinajstić information content (AvgIpc) is 3.32. The molecule has 3 aromatic rings. The Balaban J connectivity index is 1.56. The Hall–Kier alpha value is -3.00. The summed E-state index contributed by atoms with van der Waals surface area (Å²) in [7, 11) is 0. The van der Waals surface area contributed by atoms with Gasteiger partial charge < -0.3 is 10.4 Å². The van der Waals surface area contributed by atoms with Gasteiger partial charge in [-0.2, -0.15) is 0 Å². The molecule has 0 spiro atoms. The van der Waals surface area contributed by atoms with E-state index in [4.69, 9.17) is 23.8 Å². The van der Waals surface area contributed by atoms with Crippen molar-refractivity contribution in [2.75, 3.05) is 0 Å². The standard InChI is InChI=1S/C23H17ClN2O3S2/c24-16-8-6-15(7-9-16)20-11-10-17(31-20)13-18-21(27)26(23(30)25-18)19(22(28)29)12-14-4-2-1-3-5-14/h1-11,13,19H,12H2,(H,25,30)(H,28,29)/b18-13+. The molecule has 1 atom stereocenters. The second-order valence-corrected chi connectivity index (χ2v) is 8.85. The second-order valence-electron chi connectivity index (χ2n) is 6.92. The van der Waals surface area contributed by atoms with Gasteiger partial charge >= 0.3 is 5.97 Å². The number of halogens is 1. The van der Waals surface area contributed by atoms with Gasteiger partial charge in [-0.15, -0.1) is 11.3 Å². The summed E-state index contributed by atoms with van der Waals surface area (Å²) in [6, 6.07) is 19.5. The molecule has 1 aromatic heterocycles. The lowest BCUT2D eigenvalue weighted by Gasteiger charge is -2.22. The van der Waals surface area contributed by atoms with E-state index in [1.165, 1.54) is 11.3 Å². The van der Waals surface area contributed by atoms with Crippen molar-refractivity contribution in [2.45, 2.75) is 12.5 Å². The Morgan fingerprint density at radius 3 is 2.52 bits per heavy atom. The van der Waals surface area contributed by atoms with Crippen LogP contribution in [0.1, 0.15) is 10.4 Å². The lowest BCUT2D eigenvalue weighted by Crippen LogP contribution is -2.46. The monoisotopic (exact) mass is 468 g/mol. The van der Waals surface area contributed by atoms with E-state index in [0.717, 1.165) is 25.8 Å². The number of hydrogen-bond donors (Lipinski definition) is 2. The SMILES string of the molecule is O=C(O)C(Cc1ccccc1)N1C(=O)/C(=C\c2ccc(-c3ccc(Cl)cc3)s2)NC1=S. The quantitative estimate of drug-likeness (QED) is 0.401. The first-order valence-corrected chi connectivity index (χ1v) is 11.0. The molecule has 0 bridgehead atoms. The fourth-order valence-electron chi connectivity index (χ4n) is 3.30. The molecule has 4 rings (SSSR count). The molecular formula is C23H17ClN2O3S2. The molecule has 2 N–H and O–H groups in total. The maximum atomic E-state index is 13.0. The van der Waals surface area contributed by atoms with Crippen LogP contribution in [0.4, 0.5) is 0 Å². The molecule has 0 aliphatic carbocycles. The highest BCUT2D eigenvalue weighted by Crippen LogP contribution is 2.31. The zero-order chi connectivity index (χ0) is 22.0. The molecule has 1 aliphatic heterocycles. The number of carboxylic acids is 1.